The number of fused-ring (bicyclic) bond motifs is 1. The zero-order chi connectivity index (χ0) is 14.4. The summed E-state index contributed by atoms with van der Waals surface area (Å²) in [4.78, 5) is 32.9. The quantitative estimate of drug-likeness (QED) is 0.560. The van der Waals surface area contributed by atoms with Gasteiger partial charge in [0.15, 0.2) is 5.65 Å². The Balaban J connectivity index is 2.37. The van der Waals surface area contributed by atoms with Gasteiger partial charge in [-0.2, -0.15) is 0 Å². The highest BCUT2D eigenvalue weighted by Crippen LogP contribution is 2.28. The van der Waals surface area contributed by atoms with Crippen LogP contribution in [-0.2, 0) is 7.05 Å². The summed E-state index contributed by atoms with van der Waals surface area (Å²) in [7, 11) is 1.56. The second-order valence-corrected chi connectivity index (χ2v) is 6.33. The van der Waals surface area contributed by atoms with Crippen molar-refractivity contribution in [2.75, 3.05) is 0 Å². The van der Waals surface area contributed by atoms with Crippen molar-refractivity contribution in [3.63, 3.8) is 0 Å². The Morgan fingerprint density at radius 3 is 2.80 bits per heavy atom. The molecule has 2 heterocycles. The topological polar surface area (TPSA) is 83.5 Å². The minimum absolute atomic E-state index is 0.285. The summed E-state index contributed by atoms with van der Waals surface area (Å²) in [6, 6.07) is 5.81. The molecule has 0 aliphatic carbocycles. The maximum Gasteiger partial charge on any atom is 0.329 e. The van der Waals surface area contributed by atoms with Crippen LogP contribution in [0.4, 0.5) is 0 Å². The lowest BCUT2D eigenvalue weighted by molar-refractivity contribution is 0.832. The summed E-state index contributed by atoms with van der Waals surface area (Å²) in [5.74, 6) is 0.539. The standard InChI is InChI=1S/C12H8BrIN4O2/c1-18-10-8(11(19)17-12(18)20)15-9(16-10)6-4-5(14)2-3-7(6)13/h2-4H,1H3,(H,15,16)(H,17,19,20). The van der Waals surface area contributed by atoms with E-state index in [0.717, 1.165) is 13.6 Å². The van der Waals surface area contributed by atoms with Crippen LogP contribution in [0.2, 0.25) is 0 Å². The first-order valence-electron chi connectivity index (χ1n) is 5.62. The number of nitrogens with one attached hydrogen (secondary N) is 2. The van der Waals surface area contributed by atoms with Crippen molar-refractivity contribution < 1.29 is 0 Å². The van der Waals surface area contributed by atoms with Gasteiger partial charge in [0, 0.05) is 20.7 Å². The molecular weight excluding hydrogens is 439 g/mol. The number of rotatable bonds is 1. The Bertz CT molecular complexity index is 941. The molecule has 0 fully saturated rings. The molecule has 8 heteroatoms. The predicted octanol–water partition coefficient (Wildman–Crippen LogP) is 1.98. The van der Waals surface area contributed by atoms with Gasteiger partial charge < -0.3 is 4.98 Å². The molecule has 2 N–H and O–H groups in total. The monoisotopic (exact) mass is 446 g/mol. The fourth-order valence-corrected chi connectivity index (χ4v) is 2.84. The predicted molar refractivity (Wildman–Crippen MR) is 87.8 cm³/mol. The number of nitrogens with zero attached hydrogens (tertiary/aromatic N) is 2. The first-order valence-corrected chi connectivity index (χ1v) is 7.49. The molecule has 3 rings (SSSR count). The molecule has 2 aromatic heterocycles. The minimum Gasteiger partial charge on any atom is -0.332 e. The molecule has 3 aromatic rings. The maximum atomic E-state index is 11.8. The number of benzene rings is 1. The average molecular weight is 447 g/mol. The Kier molecular flexibility index (Phi) is 3.28. The van der Waals surface area contributed by atoms with Gasteiger partial charge in [0.05, 0.1) is 0 Å². The summed E-state index contributed by atoms with van der Waals surface area (Å²) < 4.78 is 3.21. The van der Waals surface area contributed by atoms with Crippen LogP contribution in [0.3, 0.4) is 0 Å². The molecule has 0 saturated heterocycles. The van der Waals surface area contributed by atoms with Crippen LogP contribution in [-0.4, -0.2) is 19.5 Å². The maximum absolute atomic E-state index is 11.8. The number of aromatic amines is 2. The molecule has 0 radical (unpaired) electrons. The Morgan fingerprint density at radius 1 is 1.30 bits per heavy atom. The highest BCUT2D eigenvalue weighted by molar-refractivity contribution is 14.1. The third-order valence-electron chi connectivity index (χ3n) is 2.94. The Morgan fingerprint density at radius 2 is 2.05 bits per heavy atom. The average Bonchev–Trinajstić information content (AvgIpc) is 2.84. The van der Waals surface area contributed by atoms with Gasteiger partial charge in [-0.1, -0.05) is 15.9 Å². The summed E-state index contributed by atoms with van der Waals surface area (Å²) in [5.41, 5.74) is 0.498. The first kappa shape index (κ1) is 13.6. The summed E-state index contributed by atoms with van der Waals surface area (Å²) in [6.07, 6.45) is 0. The largest absolute Gasteiger partial charge is 0.332 e. The van der Waals surface area contributed by atoms with Gasteiger partial charge in [-0.15, -0.1) is 0 Å². The van der Waals surface area contributed by atoms with Gasteiger partial charge in [-0.05, 0) is 40.8 Å². The SMILES string of the molecule is Cn1c(=O)[nH]c(=O)c2[nH]c(-c3cc(I)ccc3Br)nc21. The van der Waals surface area contributed by atoms with Crippen LogP contribution in [0.15, 0.2) is 32.3 Å². The van der Waals surface area contributed by atoms with Gasteiger partial charge in [0.1, 0.15) is 11.3 Å². The van der Waals surface area contributed by atoms with Crippen LogP contribution in [0.5, 0.6) is 0 Å². The lowest BCUT2D eigenvalue weighted by atomic mass is 10.2. The van der Waals surface area contributed by atoms with Crippen LogP contribution in [0.1, 0.15) is 0 Å². The molecule has 0 saturated carbocycles. The number of halogens is 2. The number of hydrogen-bond donors (Lipinski definition) is 2. The van der Waals surface area contributed by atoms with E-state index in [1.54, 1.807) is 7.05 Å². The summed E-state index contributed by atoms with van der Waals surface area (Å²) in [5, 5.41) is 0. The number of aromatic nitrogens is 4. The molecule has 0 aliphatic rings. The number of hydrogen-bond acceptors (Lipinski definition) is 3. The van der Waals surface area contributed by atoms with E-state index in [1.165, 1.54) is 4.57 Å². The van der Waals surface area contributed by atoms with E-state index >= 15 is 0 Å². The molecule has 0 aliphatic heterocycles. The van der Waals surface area contributed by atoms with Gasteiger partial charge >= 0.3 is 5.69 Å². The van der Waals surface area contributed by atoms with E-state index in [4.69, 9.17) is 0 Å². The third-order valence-corrected chi connectivity index (χ3v) is 4.30. The molecule has 0 atom stereocenters. The highest BCUT2D eigenvalue weighted by atomic mass is 127. The van der Waals surface area contributed by atoms with E-state index in [-0.39, 0.29) is 5.52 Å². The molecule has 0 amide bonds. The second kappa shape index (κ2) is 4.85. The van der Waals surface area contributed by atoms with Crippen LogP contribution >= 0.6 is 38.5 Å². The molecule has 0 bridgehead atoms. The fraction of sp³-hybridized carbons (Fsp3) is 0.0833. The molecule has 102 valence electrons. The van der Waals surface area contributed by atoms with E-state index in [1.807, 2.05) is 18.2 Å². The summed E-state index contributed by atoms with van der Waals surface area (Å²) in [6.45, 7) is 0. The minimum atomic E-state index is -0.484. The molecular formula is C12H8BrIN4O2. The molecule has 20 heavy (non-hydrogen) atoms. The molecule has 1 aromatic carbocycles. The zero-order valence-electron chi connectivity index (χ0n) is 10.2. The fourth-order valence-electron chi connectivity index (χ4n) is 1.91. The molecule has 0 unspecified atom stereocenters. The van der Waals surface area contributed by atoms with Crippen molar-refractivity contribution >= 4 is 49.7 Å². The lowest BCUT2D eigenvalue weighted by Crippen LogP contribution is -2.28. The first-order chi connectivity index (χ1) is 9.47. The van der Waals surface area contributed by atoms with Crippen molar-refractivity contribution in [2.24, 2.45) is 7.05 Å². The molecule has 0 spiro atoms. The van der Waals surface area contributed by atoms with Crippen LogP contribution in [0.25, 0.3) is 22.6 Å². The van der Waals surface area contributed by atoms with Crippen molar-refractivity contribution in [2.45, 2.75) is 0 Å². The summed E-state index contributed by atoms with van der Waals surface area (Å²) >= 11 is 5.66. The van der Waals surface area contributed by atoms with Crippen molar-refractivity contribution in [1.82, 2.24) is 19.5 Å². The van der Waals surface area contributed by atoms with Gasteiger partial charge in [-0.25, -0.2) is 9.78 Å². The van der Waals surface area contributed by atoms with E-state index in [0.29, 0.717) is 11.5 Å². The normalized spacial score (nSPS) is 11.2. The highest BCUT2D eigenvalue weighted by Gasteiger charge is 2.14. The smallest absolute Gasteiger partial charge is 0.329 e. The Labute approximate surface area is 134 Å². The zero-order valence-corrected chi connectivity index (χ0v) is 13.9. The van der Waals surface area contributed by atoms with Crippen LogP contribution < -0.4 is 11.2 Å². The lowest BCUT2D eigenvalue weighted by Gasteiger charge is -2.01. The van der Waals surface area contributed by atoms with Gasteiger partial charge in [-0.3, -0.25) is 14.3 Å². The van der Waals surface area contributed by atoms with Gasteiger partial charge in [0.2, 0.25) is 0 Å². The van der Waals surface area contributed by atoms with E-state index < -0.39 is 11.2 Å². The second-order valence-electron chi connectivity index (χ2n) is 4.23. The van der Waals surface area contributed by atoms with E-state index in [9.17, 15) is 9.59 Å². The van der Waals surface area contributed by atoms with Crippen molar-refractivity contribution in [1.29, 1.82) is 0 Å². The third kappa shape index (κ3) is 2.12. The van der Waals surface area contributed by atoms with Crippen molar-refractivity contribution in [3.05, 3.63) is 47.1 Å². The number of aryl methyl sites for hydroxylation is 1. The Hall–Kier alpha value is -1.42. The van der Waals surface area contributed by atoms with E-state index in [2.05, 4.69) is 53.5 Å². The number of imidazole rings is 1. The number of H-pyrrole nitrogens is 2. The molecule has 6 nitrogen and oxygen atoms in total. The van der Waals surface area contributed by atoms with Crippen LogP contribution in [0, 0.1) is 3.57 Å². The van der Waals surface area contributed by atoms with Crippen molar-refractivity contribution in [3.8, 4) is 11.4 Å². The van der Waals surface area contributed by atoms with Gasteiger partial charge in [0.25, 0.3) is 5.56 Å².